The van der Waals surface area contributed by atoms with Crippen LogP contribution in [0.15, 0.2) is 10.5 Å². The highest BCUT2D eigenvalue weighted by Gasteiger charge is 2.25. The van der Waals surface area contributed by atoms with E-state index in [1.165, 1.54) is 22.6 Å². The Balaban J connectivity index is 2.08. The van der Waals surface area contributed by atoms with E-state index < -0.39 is 0 Å². The maximum Gasteiger partial charge on any atom is 0.0940 e. The number of alkyl halides is 1. The van der Waals surface area contributed by atoms with E-state index in [9.17, 15) is 0 Å². The molecule has 2 rings (SSSR count). The van der Waals surface area contributed by atoms with Crippen molar-refractivity contribution in [2.24, 2.45) is 0 Å². The Morgan fingerprint density at radius 1 is 1.60 bits per heavy atom. The van der Waals surface area contributed by atoms with E-state index in [2.05, 4.69) is 28.9 Å². The van der Waals surface area contributed by atoms with Crippen molar-refractivity contribution in [1.82, 2.24) is 0 Å². The first kappa shape index (κ1) is 11.9. The maximum atomic E-state index is 6.43. The Morgan fingerprint density at radius 3 is 2.93 bits per heavy atom. The third kappa shape index (κ3) is 2.76. The molecular formula is C11H14BrClOS. The molecule has 0 aliphatic carbocycles. The summed E-state index contributed by atoms with van der Waals surface area (Å²) in [6, 6.07) is 2.12. The Hall–Kier alpha value is 0.430. The summed E-state index contributed by atoms with van der Waals surface area (Å²) in [5, 5.41) is 0.0142. The predicted octanol–water partition coefficient (Wildman–Crippen LogP) is 4.67. The Kier molecular flexibility index (Phi) is 4.10. The summed E-state index contributed by atoms with van der Waals surface area (Å²) in [5.74, 6) is 0. The molecule has 1 aliphatic rings. The molecule has 4 heteroatoms. The van der Waals surface area contributed by atoms with Crippen molar-refractivity contribution >= 4 is 38.9 Å². The van der Waals surface area contributed by atoms with Gasteiger partial charge in [0.25, 0.3) is 0 Å². The van der Waals surface area contributed by atoms with E-state index in [0.717, 1.165) is 17.5 Å². The van der Waals surface area contributed by atoms with Gasteiger partial charge in [0.05, 0.1) is 11.5 Å². The Labute approximate surface area is 108 Å². The number of ether oxygens (including phenoxy) is 1. The number of halogens is 2. The number of hydrogen-bond acceptors (Lipinski definition) is 2. The molecule has 0 saturated carbocycles. The van der Waals surface area contributed by atoms with Gasteiger partial charge in [-0.25, -0.2) is 0 Å². The van der Waals surface area contributed by atoms with Gasteiger partial charge in [0, 0.05) is 20.8 Å². The van der Waals surface area contributed by atoms with Gasteiger partial charge >= 0.3 is 0 Å². The third-order valence-corrected chi connectivity index (χ3v) is 5.55. The summed E-state index contributed by atoms with van der Waals surface area (Å²) in [6.45, 7) is 2.96. The maximum absolute atomic E-state index is 6.43. The molecular weight excluding hydrogens is 296 g/mol. The molecule has 84 valence electrons. The van der Waals surface area contributed by atoms with Gasteiger partial charge in [-0.1, -0.05) is 0 Å². The number of rotatable bonds is 2. The highest BCUT2D eigenvalue weighted by molar-refractivity contribution is 9.10. The van der Waals surface area contributed by atoms with E-state index in [4.69, 9.17) is 16.3 Å². The van der Waals surface area contributed by atoms with Crippen LogP contribution in [0.2, 0.25) is 0 Å². The molecule has 0 amide bonds. The van der Waals surface area contributed by atoms with Gasteiger partial charge in [0.2, 0.25) is 0 Å². The molecule has 1 aromatic heterocycles. The van der Waals surface area contributed by atoms with Gasteiger partial charge in [0.1, 0.15) is 0 Å². The molecule has 1 fully saturated rings. The van der Waals surface area contributed by atoms with Gasteiger partial charge in [0.15, 0.2) is 0 Å². The summed E-state index contributed by atoms with van der Waals surface area (Å²) >= 11 is 11.7. The minimum Gasteiger partial charge on any atom is -0.376 e. The van der Waals surface area contributed by atoms with Crippen LogP contribution >= 0.6 is 38.9 Å². The summed E-state index contributed by atoms with van der Waals surface area (Å²) < 4.78 is 6.86. The zero-order valence-electron chi connectivity index (χ0n) is 8.63. The van der Waals surface area contributed by atoms with Crippen molar-refractivity contribution in [3.8, 4) is 0 Å². The largest absolute Gasteiger partial charge is 0.376 e. The molecule has 2 heterocycles. The second-order valence-electron chi connectivity index (χ2n) is 3.86. The molecule has 0 spiro atoms. The molecule has 0 aromatic carbocycles. The zero-order chi connectivity index (χ0) is 10.8. The van der Waals surface area contributed by atoms with Crippen LogP contribution in [0.5, 0.6) is 0 Å². The van der Waals surface area contributed by atoms with Crippen molar-refractivity contribution < 1.29 is 4.74 Å². The minimum absolute atomic E-state index is 0.0142. The first-order valence-corrected chi connectivity index (χ1v) is 7.24. The molecule has 1 saturated heterocycles. The third-order valence-electron chi connectivity index (χ3n) is 2.69. The van der Waals surface area contributed by atoms with E-state index in [0.29, 0.717) is 0 Å². The van der Waals surface area contributed by atoms with Crippen LogP contribution < -0.4 is 0 Å². The van der Waals surface area contributed by atoms with E-state index in [-0.39, 0.29) is 11.5 Å². The standard InChI is InChI=1S/C11H14BrClOS/c1-7-8(12)6-10(15-7)11(13)9-4-2-3-5-14-9/h6,9,11H,2-5H2,1H3. The Bertz CT molecular complexity index is 314. The summed E-state index contributed by atoms with van der Waals surface area (Å²) in [4.78, 5) is 2.50. The average molecular weight is 310 g/mol. The van der Waals surface area contributed by atoms with Gasteiger partial charge in [-0.15, -0.1) is 22.9 Å². The average Bonchev–Trinajstić information content (AvgIpc) is 2.59. The molecule has 1 aromatic rings. The fourth-order valence-corrected chi connectivity index (χ4v) is 3.78. The quantitative estimate of drug-likeness (QED) is 0.722. The van der Waals surface area contributed by atoms with Crippen LogP contribution in [0.25, 0.3) is 0 Å². The Morgan fingerprint density at radius 2 is 2.40 bits per heavy atom. The lowest BCUT2D eigenvalue weighted by atomic mass is 10.1. The first-order valence-electron chi connectivity index (χ1n) is 5.20. The molecule has 0 bridgehead atoms. The van der Waals surface area contributed by atoms with E-state index >= 15 is 0 Å². The SMILES string of the molecule is Cc1sc(C(Cl)C2CCCCO2)cc1Br. The first-order chi connectivity index (χ1) is 7.18. The number of hydrogen-bond donors (Lipinski definition) is 0. The van der Waals surface area contributed by atoms with Crippen molar-refractivity contribution in [1.29, 1.82) is 0 Å². The lowest BCUT2D eigenvalue weighted by Crippen LogP contribution is -2.23. The normalized spacial score (nSPS) is 24.1. The second kappa shape index (κ2) is 5.17. The fraction of sp³-hybridized carbons (Fsp3) is 0.636. The van der Waals surface area contributed by atoms with Gasteiger partial charge in [-0.3, -0.25) is 0 Å². The van der Waals surface area contributed by atoms with Crippen molar-refractivity contribution in [3.63, 3.8) is 0 Å². The smallest absolute Gasteiger partial charge is 0.0940 e. The van der Waals surface area contributed by atoms with Crippen LogP contribution in [0.4, 0.5) is 0 Å². The summed E-state index contributed by atoms with van der Waals surface area (Å²) in [7, 11) is 0. The van der Waals surface area contributed by atoms with E-state index in [1.807, 2.05) is 0 Å². The molecule has 1 nitrogen and oxygen atoms in total. The lowest BCUT2D eigenvalue weighted by molar-refractivity contribution is 0.0141. The van der Waals surface area contributed by atoms with Gasteiger partial charge in [-0.05, 0) is 48.2 Å². The van der Waals surface area contributed by atoms with Crippen LogP contribution in [0.1, 0.15) is 34.4 Å². The second-order valence-corrected chi connectivity index (χ2v) is 6.47. The molecule has 2 atom stereocenters. The fourth-order valence-electron chi connectivity index (χ4n) is 1.80. The van der Waals surface area contributed by atoms with Crippen molar-refractivity contribution in [2.75, 3.05) is 6.61 Å². The van der Waals surface area contributed by atoms with Crippen LogP contribution in [-0.4, -0.2) is 12.7 Å². The minimum atomic E-state index is 0.0142. The van der Waals surface area contributed by atoms with Crippen molar-refractivity contribution in [3.05, 3.63) is 20.3 Å². The van der Waals surface area contributed by atoms with Crippen LogP contribution in [-0.2, 0) is 4.74 Å². The molecule has 2 unspecified atom stereocenters. The highest BCUT2D eigenvalue weighted by atomic mass is 79.9. The summed E-state index contributed by atoms with van der Waals surface area (Å²) in [5.41, 5.74) is 0. The van der Waals surface area contributed by atoms with Gasteiger partial charge < -0.3 is 4.74 Å². The topological polar surface area (TPSA) is 9.23 Å². The summed E-state index contributed by atoms with van der Waals surface area (Å²) in [6.07, 6.45) is 3.69. The van der Waals surface area contributed by atoms with Crippen molar-refractivity contribution in [2.45, 2.75) is 37.7 Å². The molecule has 15 heavy (non-hydrogen) atoms. The lowest BCUT2D eigenvalue weighted by Gasteiger charge is -2.25. The van der Waals surface area contributed by atoms with Gasteiger partial charge in [-0.2, -0.15) is 0 Å². The number of aryl methyl sites for hydroxylation is 1. The number of thiophene rings is 1. The highest BCUT2D eigenvalue weighted by Crippen LogP contribution is 2.38. The predicted molar refractivity (Wildman–Crippen MR) is 68.9 cm³/mol. The zero-order valence-corrected chi connectivity index (χ0v) is 11.8. The van der Waals surface area contributed by atoms with Crippen LogP contribution in [0, 0.1) is 6.92 Å². The molecule has 0 N–H and O–H groups in total. The monoisotopic (exact) mass is 308 g/mol. The van der Waals surface area contributed by atoms with E-state index in [1.54, 1.807) is 11.3 Å². The molecule has 1 aliphatic heterocycles. The van der Waals surface area contributed by atoms with Crippen LogP contribution in [0.3, 0.4) is 0 Å². The molecule has 0 radical (unpaired) electrons.